The number of fused-ring (bicyclic) bond motifs is 1. The summed E-state index contributed by atoms with van der Waals surface area (Å²) in [5, 5.41) is 7.40. The van der Waals surface area contributed by atoms with E-state index >= 15 is 0 Å². The van der Waals surface area contributed by atoms with E-state index in [-0.39, 0.29) is 6.61 Å². The normalized spacial score (nSPS) is 13.7. The highest BCUT2D eigenvalue weighted by Crippen LogP contribution is 2.38. The van der Waals surface area contributed by atoms with Gasteiger partial charge in [-0.05, 0) is 23.1 Å². The molecule has 0 bridgehead atoms. The molecule has 3 rings (SSSR count). The Bertz CT molecular complexity index is 1010. The second-order valence-electron chi connectivity index (χ2n) is 7.72. The first kappa shape index (κ1) is 21.0. The number of nitrogens with zero attached hydrogens (tertiary/aromatic N) is 4. The predicted octanol–water partition coefficient (Wildman–Crippen LogP) is 4.63. The first-order valence-electron chi connectivity index (χ1n) is 8.82. The summed E-state index contributed by atoms with van der Waals surface area (Å²) in [4.78, 5) is 8.40. The Morgan fingerprint density at radius 1 is 1.17 bits per heavy atom. The van der Waals surface area contributed by atoms with E-state index in [2.05, 4.69) is 20.4 Å². The van der Waals surface area contributed by atoms with Crippen LogP contribution >= 0.6 is 0 Å². The van der Waals surface area contributed by atoms with Crippen LogP contribution in [0.2, 0.25) is 0 Å². The molecule has 0 aliphatic heterocycles. The number of halogens is 4. The highest BCUT2D eigenvalue weighted by atomic mass is 19.4. The summed E-state index contributed by atoms with van der Waals surface area (Å²) < 4.78 is 59.6. The molecule has 1 aromatic carbocycles. The van der Waals surface area contributed by atoms with E-state index in [4.69, 9.17) is 4.74 Å². The van der Waals surface area contributed by atoms with E-state index in [1.54, 1.807) is 6.07 Å². The van der Waals surface area contributed by atoms with Gasteiger partial charge in [0.1, 0.15) is 18.0 Å². The molecule has 2 aromatic heterocycles. The minimum atomic E-state index is -4.75. The van der Waals surface area contributed by atoms with Gasteiger partial charge in [-0.25, -0.2) is 9.37 Å². The maximum absolute atomic E-state index is 14.2. The lowest BCUT2D eigenvalue weighted by Crippen LogP contribution is -2.27. The largest absolute Gasteiger partial charge is 0.419 e. The average Bonchev–Trinajstić information content (AvgIpc) is 3.06. The lowest BCUT2D eigenvalue weighted by atomic mass is 9.82. The molecule has 0 radical (unpaired) electrons. The smallest absolute Gasteiger partial charge is 0.378 e. The van der Waals surface area contributed by atoms with Crippen LogP contribution in [0.15, 0.2) is 30.6 Å². The molecule has 2 heterocycles. The van der Waals surface area contributed by atoms with Crippen LogP contribution in [0.5, 0.6) is 0 Å². The van der Waals surface area contributed by atoms with Crippen molar-refractivity contribution in [1.82, 2.24) is 19.6 Å². The van der Waals surface area contributed by atoms with E-state index in [1.165, 1.54) is 24.0 Å². The summed E-state index contributed by atoms with van der Waals surface area (Å²) in [6, 6.07) is 4.15. The molecule has 1 atom stereocenters. The minimum Gasteiger partial charge on any atom is -0.378 e. The molecule has 0 amide bonds. The van der Waals surface area contributed by atoms with Gasteiger partial charge in [0.15, 0.2) is 0 Å². The van der Waals surface area contributed by atoms with Crippen molar-refractivity contribution in [1.29, 1.82) is 0 Å². The fraction of sp³-hybridized carbons (Fsp3) is 0.421. The molecule has 0 saturated heterocycles. The highest BCUT2D eigenvalue weighted by molar-refractivity contribution is 5.47. The molecule has 0 unspecified atom stereocenters. The Hall–Kier alpha value is -2.75. The summed E-state index contributed by atoms with van der Waals surface area (Å²) in [7, 11) is 1.53. The zero-order valence-corrected chi connectivity index (χ0v) is 16.4. The molecule has 3 aromatic rings. The minimum absolute atomic E-state index is 0.243. The van der Waals surface area contributed by atoms with Crippen LogP contribution in [0.1, 0.15) is 43.6 Å². The number of anilines is 1. The molecule has 6 nitrogen and oxygen atoms in total. The zero-order valence-electron chi connectivity index (χ0n) is 16.4. The number of benzene rings is 1. The van der Waals surface area contributed by atoms with E-state index in [0.29, 0.717) is 22.9 Å². The second-order valence-corrected chi connectivity index (χ2v) is 7.72. The van der Waals surface area contributed by atoms with Crippen LogP contribution in [-0.2, 0) is 17.5 Å². The van der Waals surface area contributed by atoms with Crippen LogP contribution in [0.4, 0.5) is 23.4 Å². The van der Waals surface area contributed by atoms with Crippen molar-refractivity contribution in [3.05, 3.63) is 53.2 Å². The van der Waals surface area contributed by atoms with Gasteiger partial charge in [0, 0.05) is 13.2 Å². The van der Waals surface area contributed by atoms with E-state index in [0.717, 1.165) is 12.1 Å². The third kappa shape index (κ3) is 4.47. The number of ether oxygens (including phenoxy) is 1. The van der Waals surface area contributed by atoms with Gasteiger partial charge in [-0.1, -0.05) is 26.8 Å². The Kier molecular flexibility index (Phi) is 5.48. The van der Waals surface area contributed by atoms with Crippen molar-refractivity contribution in [3.63, 3.8) is 0 Å². The SMILES string of the molecule is COCc1cc(N[C@@H](c2ccc(C(F)(F)F)c(F)c2)C(C)(C)C)n2ncnc2n1. The van der Waals surface area contributed by atoms with Gasteiger partial charge in [0.2, 0.25) is 0 Å². The van der Waals surface area contributed by atoms with Gasteiger partial charge in [-0.2, -0.15) is 27.8 Å². The van der Waals surface area contributed by atoms with Gasteiger partial charge in [-0.15, -0.1) is 0 Å². The van der Waals surface area contributed by atoms with E-state index in [9.17, 15) is 17.6 Å². The number of hydrogen-bond donors (Lipinski definition) is 1. The third-order valence-corrected chi connectivity index (χ3v) is 4.39. The molecule has 10 heteroatoms. The zero-order chi connectivity index (χ0) is 21.4. The second kappa shape index (κ2) is 7.58. The molecule has 29 heavy (non-hydrogen) atoms. The molecule has 0 aliphatic carbocycles. The van der Waals surface area contributed by atoms with Crippen molar-refractivity contribution >= 4 is 11.6 Å². The standard InChI is InChI=1S/C19H21F4N5O/c1-18(2,3)16(11-5-6-13(14(20)7-11)19(21,22)23)27-15-8-12(9-29-4)26-17-24-10-25-28(15)17/h5-8,10,16,27H,9H2,1-4H3/t16-/m0/s1. The molecule has 156 valence electrons. The van der Waals surface area contributed by atoms with Crippen LogP contribution in [0.3, 0.4) is 0 Å². The van der Waals surface area contributed by atoms with Crippen molar-refractivity contribution in [3.8, 4) is 0 Å². The van der Waals surface area contributed by atoms with E-state index in [1.807, 2.05) is 20.8 Å². The summed E-state index contributed by atoms with van der Waals surface area (Å²) in [5.41, 5.74) is -0.786. The van der Waals surface area contributed by atoms with Gasteiger partial charge in [0.25, 0.3) is 5.78 Å². The molecule has 0 spiro atoms. The summed E-state index contributed by atoms with van der Waals surface area (Å²) in [5.74, 6) is -0.458. The van der Waals surface area contributed by atoms with Crippen LogP contribution in [0.25, 0.3) is 5.78 Å². The number of rotatable bonds is 5. The molecule has 0 fully saturated rings. The fourth-order valence-electron chi connectivity index (χ4n) is 3.07. The van der Waals surface area contributed by atoms with Crippen LogP contribution in [0, 0.1) is 11.2 Å². The van der Waals surface area contributed by atoms with Crippen molar-refractivity contribution in [2.45, 2.75) is 39.6 Å². The summed E-state index contributed by atoms with van der Waals surface area (Å²) in [6.07, 6.45) is -3.41. The molecule has 0 saturated carbocycles. The maximum atomic E-state index is 14.2. The first-order valence-corrected chi connectivity index (χ1v) is 8.82. The van der Waals surface area contributed by atoms with Gasteiger partial charge >= 0.3 is 6.18 Å². The molecule has 0 aliphatic rings. The summed E-state index contributed by atoms with van der Waals surface area (Å²) in [6.45, 7) is 5.94. The number of methoxy groups -OCH3 is 1. The number of alkyl halides is 3. The lowest BCUT2D eigenvalue weighted by Gasteiger charge is -2.33. The third-order valence-electron chi connectivity index (χ3n) is 4.39. The van der Waals surface area contributed by atoms with E-state index < -0.39 is 29.0 Å². The van der Waals surface area contributed by atoms with Gasteiger partial charge in [0.05, 0.1) is 23.9 Å². The van der Waals surface area contributed by atoms with Crippen LogP contribution < -0.4 is 5.32 Å². The number of aromatic nitrogens is 4. The Balaban J connectivity index is 2.05. The van der Waals surface area contributed by atoms with Crippen LogP contribution in [-0.4, -0.2) is 26.7 Å². The Morgan fingerprint density at radius 2 is 1.90 bits per heavy atom. The monoisotopic (exact) mass is 411 g/mol. The quantitative estimate of drug-likeness (QED) is 0.621. The number of nitrogens with one attached hydrogen (secondary N) is 1. The van der Waals surface area contributed by atoms with Crippen molar-refractivity contribution in [2.24, 2.45) is 5.41 Å². The number of hydrogen-bond acceptors (Lipinski definition) is 5. The van der Waals surface area contributed by atoms with Gasteiger partial charge < -0.3 is 10.1 Å². The Morgan fingerprint density at radius 3 is 2.48 bits per heavy atom. The lowest BCUT2D eigenvalue weighted by molar-refractivity contribution is -0.140. The Labute approximate surface area is 164 Å². The van der Waals surface area contributed by atoms with Gasteiger partial charge in [-0.3, -0.25) is 0 Å². The highest BCUT2D eigenvalue weighted by Gasteiger charge is 2.35. The summed E-state index contributed by atoms with van der Waals surface area (Å²) >= 11 is 0. The first-order chi connectivity index (χ1) is 13.5. The molecule has 1 N–H and O–H groups in total. The fourth-order valence-corrected chi connectivity index (χ4v) is 3.07. The van der Waals surface area contributed by atoms with Crippen molar-refractivity contribution < 1.29 is 22.3 Å². The molecular formula is C19H21F4N5O. The molecular weight excluding hydrogens is 390 g/mol. The van der Waals surface area contributed by atoms with Crippen molar-refractivity contribution in [2.75, 3.05) is 12.4 Å². The average molecular weight is 411 g/mol. The topological polar surface area (TPSA) is 64.3 Å². The predicted molar refractivity (Wildman–Crippen MR) is 98.7 cm³/mol. The maximum Gasteiger partial charge on any atom is 0.419 e.